The number of carboxylic acids is 2. The highest BCUT2D eigenvalue weighted by Crippen LogP contribution is 2.10. The predicted octanol–water partition coefficient (Wildman–Crippen LogP) is 0.318. The molecule has 1 rings (SSSR count). The van der Waals surface area contributed by atoms with Gasteiger partial charge in [0.25, 0.3) is 0 Å². The van der Waals surface area contributed by atoms with Crippen molar-refractivity contribution in [1.82, 2.24) is 4.98 Å². The van der Waals surface area contributed by atoms with E-state index in [-0.39, 0.29) is 6.04 Å². The maximum Gasteiger partial charge on any atom is 0.414 e. The maximum atomic E-state index is 9.10. The summed E-state index contributed by atoms with van der Waals surface area (Å²) >= 11 is 1.59. The van der Waals surface area contributed by atoms with E-state index in [1.807, 2.05) is 12.3 Å². The first-order valence-electron chi connectivity index (χ1n) is 3.56. The highest BCUT2D eigenvalue weighted by atomic mass is 32.1. The molecule has 14 heavy (non-hydrogen) atoms. The molecule has 4 N–H and O–H groups in total. The highest BCUT2D eigenvalue weighted by molar-refractivity contribution is 7.09. The fourth-order valence-electron chi connectivity index (χ4n) is 0.459. The second-order valence-electron chi connectivity index (χ2n) is 2.27. The summed E-state index contributed by atoms with van der Waals surface area (Å²) in [5, 5.41) is 17.7. The molecule has 0 saturated carbocycles. The topological polar surface area (TPSA) is 114 Å². The minimum absolute atomic E-state index is 0.0926. The molecule has 1 aromatic rings. The van der Waals surface area contributed by atoms with E-state index in [1.165, 1.54) is 0 Å². The number of nitrogens with two attached hydrogens (primary N) is 1. The van der Waals surface area contributed by atoms with Crippen LogP contribution >= 0.6 is 11.3 Å². The van der Waals surface area contributed by atoms with E-state index in [1.54, 1.807) is 17.5 Å². The number of rotatable bonds is 1. The monoisotopic (exact) mass is 218 g/mol. The lowest BCUT2D eigenvalue weighted by Gasteiger charge is -1.94. The largest absolute Gasteiger partial charge is 0.473 e. The van der Waals surface area contributed by atoms with E-state index in [9.17, 15) is 0 Å². The quantitative estimate of drug-likeness (QED) is 0.585. The average molecular weight is 218 g/mol. The van der Waals surface area contributed by atoms with Crippen LogP contribution in [0.1, 0.15) is 18.0 Å². The van der Waals surface area contributed by atoms with E-state index in [4.69, 9.17) is 25.5 Å². The molecule has 78 valence electrons. The molecular weight excluding hydrogens is 208 g/mol. The van der Waals surface area contributed by atoms with Crippen LogP contribution in [0.5, 0.6) is 0 Å². The molecular formula is C7H10N2O4S. The van der Waals surface area contributed by atoms with Gasteiger partial charge in [0.2, 0.25) is 0 Å². The molecule has 0 aliphatic carbocycles. The molecule has 6 nitrogen and oxygen atoms in total. The predicted molar refractivity (Wildman–Crippen MR) is 50.0 cm³/mol. The maximum absolute atomic E-state index is 9.10. The summed E-state index contributed by atoms with van der Waals surface area (Å²) in [7, 11) is 0. The molecule has 0 radical (unpaired) electrons. The summed E-state index contributed by atoms with van der Waals surface area (Å²) in [6, 6.07) is 0.0926. The van der Waals surface area contributed by atoms with Gasteiger partial charge in [-0.15, -0.1) is 11.3 Å². The van der Waals surface area contributed by atoms with Crippen molar-refractivity contribution < 1.29 is 19.8 Å². The average Bonchev–Trinajstić information content (AvgIpc) is 2.56. The van der Waals surface area contributed by atoms with Crippen molar-refractivity contribution in [3.8, 4) is 0 Å². The molecule has 1 aromatic heterocycles. The van der Waals surface area contributed by atoms with Crippen molar-refractivity contribution in [3.63, 3.8) is 0 Å². The molecule has 0 spiro atoms. The van der Waals surface area contributed by atoms with Crippen LogP contribution < -0.4 is 5.73 Å². The molecule has 0 aliphatic rings. The Kier molecular flexibility index (Phi) is 5.42. The summed E-state index contributed by atoms with van der Waals surface area (Å²) in [5.74, 6) is -3.65. The second-order valence-corrected chi connectivity index (χ2v) is 3.20. The molecule has 1 atom stereocenters. The first kappa shape index (κ1) is 12.5. The van der Waals surface area contributed by atoms with Crippen LogP contribution in [-0.2, 0) is 9.59 Å². The van der Waals surface area contributed by atoms with E-state index in [2.05, 4.69) is 4.98 Å². The number of carbonyl (C=O) groups is 2. The minimum Gasteiger partial charge on any atom is -0.473 e. The van der Waals surface area contributed by atoms with Gasteiger partial charge >= 0.3 is 11.9 Å². The third kappa shape index (κ3) is 5.22. The zero-order valence-corrected chi connectivity index (χ0v) is 8.19. The van der Waals surface area contributed by atoms with Crippen molar-refractivity contribution in [3.05, 3.63) is 16.6 Å². The number of aliphatic carboxylic acids is 2. The Labute approximate surface area is 84.0 Å². The summed E-state index contributed by atoms with van der Waals surface area (Å²) in [6.45, 7) is 1.93. The van der Waals surface area contributed by atoms with Crippen LogP contribution in [0.3, 0.4) is 0 Å². The SMILES string of the molecule is CC(N)c1nccs1.O=C(O)C(=O)O. The molecule has 0 amide bonds. The van der Waals surface area contributed by atoms with Gasteiger partial charge in [0, 0.05) is 11.6 Å². The van der Waals surface area contributed by atoms with E-state index >= 15 is 0 Å². The standard InChI is InChI=1S/C5H8N2S.C2H2O4/c1-4(6)5-7-2-3-8-5;3-1(4)2(5)6/h2-4H,6H2,1H3;(H,3,4)(H,5,6). The van der Waals surface area contributed by atoms with Crippen molar-refractivity contribution >= 4 is 23.3 Å². The van der Waals surface area contributed by atoms with Gasteiger partial charge < -0.3 is 15.9 Å². The molecule has 1 unspecified atom stereocenters. The van der Waals surface area contributed by atoms with Crippen LogP contribution in [0.2, 0.25) is 0 Å². The molecule has 0 fully saturated rings. The van der Waals surface area contributed by atoms with Crippen molar-refractivity contribution in [1.29, 1.82) is 0 Å². The van der Waals surface area contributed by atoms with Crippen LogP contribution in [0.15, 0.2) is 11.6 Å². The Morgan fingerprint density at radius 1 is 1.50 bits per heavy atom. The van der Waals surface area contributed by atoms with E-state index < -0.39 is 11.9 Å². The van der Waals surface area contributed by atoms with Crippen LogP contribution in [0.4, 0.5) is 0 Å². The second kappa shape index (κ2) is 6.06. The van der Waals surface area contributed by atoms with E-state index in [0.717, 1.165) is 5.01 Å². The van der Waals surface area contributed by atoms with Crippen molar-refractivity contribution in [2.24, 2.45) is 5.73 Å². The fourth-order valence-corrected chi connectivity index (χ4v) is 1.06. The molecule has 0 bridgehead atoms. The van der Waals surface area contributed by atoms with Gasteiger partial charge in [0.1, 0.15) is 5.01 Å². The van der Waals surface area contributed by atoms with Gasteiger partial charge in [-0.25, -0.2) is 14.6 Å². The summed E-state index contributed by atoms with van der Waals surface area (Å²) in [6.07, 6.45) is 1.77. The first-order valence-corrected chi connectivity index (χ1v) is 4.44. The lowest BCUT2D eigenvalue weighted by atomic mass is 10.4. The summed E-state index contributed by atoms with van der Waals surface area (Å²) in [4.78, 5) is 22.2. The molecule has 0 saturated heterocycles. The number of aromatic nitrogens is 1. The van der Waals surface area contributed by atoms with Gasteiger partial charge in [-0.05, 0) is 6.92 Å². The van der Waals surface area contributed by atoms with Crippen LogP contribution in [-0.4, -0.2) is 27.1 Å². The van der Waals surface area contributed by atoms with Gasteiger partial charge in [0.05, 0.1) is 6.04 Å². The third-order valence-corrected chi connectivity index (χ3v) is 2.00. The number of hydrogen-bond donors (Lipinski definition) is 3. The summed E-state index contributed by atoms with van der Waals surface area (Å²) in [5.41, 5.74) is 5.51. The Morgan fingerprint density at radius 2 is 2.00 bits per heavy atom. The van der Waals surface area contributed by atoms with Gasteiger partial charge in [-0.3, -0.25) is 0 Å². The van der Waals surface area contributed by atoms with Crippen molar-refractivity contribution in [2.45, 2.75) is 13.0 Å². The molecule has 0 aliphatic heterocycles. The number of thiazole rings is 1. The van der Waals surface area contributed by atoms with Crippen LogP contribution in [0.25, 0.3) is 0 Å². The van der Waals surface area contributed by atoms with E-state index in [0.29, 0.717) is 0 Å². The number of nitrogens with zero attached hydrogens (tertiary/aromatic N) is 1. The zero-order valence-electron chi connectivity index (χ0n) is 7.38. The highest BCUT2D eigenvalue weighted by Gasteiger charge is 2.04. The Morgan fingerprint density at radius 3 is 2.14 bits per heavy atom. The molecule has 1 heterocycles. The lowest BCUT2D eigenvalue weighted by Crippen LogP contribution is -2.09. The zero-order chi connectivity index (χ0) is 11.1. The Balaban J connectivity index is 0.000000255. The summed E-state index contributed by atoms with van der Waals surface area (Å²) < 4.78 is 0. The Hall–Kier alpha value is -1.47. The number of hydrogen-bond acceptors (Lipinski definition) is 5. The number of carboxylic acid groups (broad SMARTS) is 2. The fraction of sp³-hybridized carbons (Fsp3) is 0.286. The minimum atomic E-state index is -1.82. The van der Waals surface area contributed by atoms with Gasteiger partial charge in [-0.1, -0.05) is 0 Å². The Bertz CT molecular complexity index is 285. The first-order chi connectivity index (χ1) is 6.45. The third-order valence-electron chi connectivity index (χ3n) is 1.02. The molecule has 0 aromatic carbocycles. The lowest BCUT2D eigenvalue weighted by molar-refractivity contribution is -0.159. The van der Waals surface area contributed by atoms with Crippen molar-refractivity contribution in [2.75, 3.05) is 0 Å². The molecule has 7 heteroatoms. The van der Waals surface area contributed by atoms with Gasteiger partial charge in [0.15, 0.2) is 0 Å². The van der Waals surface area contributed by atoms with Gasteiger partial charge in [-0.2, -0.15) is 0 Å². The smallest absolute Gasteiger partial charge is 0.414 e. The van der Waals surface area contributed by atoms with Crippen LogP contribution in [0, 0.1) is 0 Å². The normalized spacial score (nSPS) is 11.0.